The summed E-state index contributed by atoms with van der Waals surface area (Å²) in [5.41, 5.74) is 20.1. The maximum absolute atomic E-state index is 15.7. The van der Waals surface area contributed by atoms with E-state index in [1.807, 2.05) is 13.8 Å². The highest BCUT2D eigenvalue weighted by molar-refractivity contribution is 8.00. The van der Waals surface area contributed by atoms with Gasteiger partial charge in [0.2, 0.25) is 94.5 Å². The lowest BCUT2D eigenvalue weighted by Crippen LogP contribution is -2.61. The van der Waals surface area contributed by atoms with E-state index in [4.69, 9.17) is 34.2 Å². The van der Waals surface area contributed by atoms with Gasteiger partial charge in [-0.3, -0.25) is 86.9 Å². The molecule has 41 nitrogen and oxygen atoms in total. The summed E-state index contributed by atoms with van der Waals surface area (Å²) in [5.74, 6) is -18.1. The smallest absolute Gasteiger partial charge is 0.246 e. The molecule has 722 valence electrons. The number of hydrogen-bond donors (Lipinski definition) is 18. The number of carbonyl (C=O) groups is 17. The summed E-state index contributed by atoms with van der Waals surface area (Å²) in [6.45, 7) is 6.05. The van der Waals surface area contributed by atoms with Crippen LogP contribution in [0, 0.1) is 17.2 Å². The zero-order valence-electron chi connectivity index (χ0n) is 76.4. The number of para-hydroxylation sites is 2. The van der Waals surface area contributed by atoms with Crippen LogP contribution in [0.2, 0.25) is 5.02 Å². The van der Waals surface area contributed by atoms with Crippen LogP contribution in [0.25, 0.3) is 21.8 Å². The topological polar surface area (TPSA) is 609 Å². The van der Waals surface area contributed by atoms with E-state index in [-0.39, 0.29) is 89.6 Å². The minimum Gasteiger partial charge on any atom is -0.394 e. The molecule has 16 amide bonds. The zero-order valence-corrected chi connectivity index (χ0v) is 78.0. The van der Waals surface area contributed by atoms with E-state index in [0.717, 1.165) is 36.3 Å². The SMILES string of the molecule is CCCC[C@H]1C(=O)N(C)[C@@H](CCCC)C(=O)N[C@@H](CCCNC(=N)N)C(=O)N[C@H](C(=O)NCC(N)=O)CSCC(=O)N[C@@H](Cc2ccc(Cl)cc2)C(=O)N(C)[C@@H](C)C(=O)N[C@@H](CC(N)=O)C(=O)N2CCC[C@H]2C(=O)N[C@@H](Cc2cnc[nH]2)C(=O)N[C@@H](CC(C)C)C(=O)N(C)CC(=O)C[C@@H](Cc2c[nH]c3ccccc23)C(=O)N[C@@H](CO)C(=O)N[C@@H](Cc2c[nH]c3ccccc23)C(=O)N1C. The molecule has 3 aromatic carbocycles. The number of hydrogen-bond acceptors (Lipinski definition) is 21. The molecule has 21 N–H and O–H groups in total. The molecular weight excluding hydrogens is 1760 g/mol. The highest BCUT2D eigenvalue weighted by Crippen LogP contribution is 2.28. The van der Waals surface area contributed by atoms with E-state index in [9.17, 15) is 62.6 Å². The number of aromatic nitrogens is 4. The number of aliphatic hydroxyl groups excluding tert-OH is 1. The number of amides is 16. The van der Waals surface area contributed by atoms with Crippen molar-refractivity contribution in [3.05, 3.63) is 125 Å². The van der Waals surface area contributed by atoms with Crippen molar-refractivity contribution in [2.75, 3.05) is 72.5 Å². The highest BCUT2D eigenvalue weighted by atomic mass is 35.5. The van der Waals surface area contributed by atoms with Crippen LogP contribution >= 0.6 is 23.4 Å². The molecule has 3 aromatic heterocycles. The first-order valence-corrected chi connectivity index (χ1v) is 46.1. The van der Waals surface area contributed by atoms with Gasteiger partial charge in [-0.1, -0.05) is 114 Å². The third kappa shape index (κ3) is 30.8. The Morgan fingerprint density at radius 2 is 1.15 bits per heavy atom. The molecule has 8 rings (SSSR count). The second-order valence-corrected chi connectivity index (χ2v) is 35.6. The summed E-state index contributed by atoms with van der Waals surface area (Å²) in [7, 11) is 5.28. The van der Waals surface area contributed by atoms with Crippen molar-refractivity contribution in [1.82, 2.24) is 97.6 Å². The van der Waals surface area contributed by atoms with Crippen LogP contribution in [0.15, 0.2) is 97.7 Å². The molecule has 0 saturated carbocycles. The lowest BCUT2D eigenvalue weighted by Gasteiger charge is -2.36. The Hall–Kier alpha value is -13.0. The third-order valence-electron chi connectivity index (χ3n) is 23.5. The Labute approximate surface area is 779 Å². The van der Waals surface area contributed by atoms with E-state index in [1.54, 1.807) is 86.9 Å². The van der Waals surface area contributed by atoms with Gasteiger partial charge in [0.25, 0.3) is 0 Å². The number of thioether (sulfide) groups is 1. The maximum atomic E-state index is 15.7. The number of rotatable bonds is 26. The number of aliphatic hydroxyl groups is 1. The predicted molar refractivity (Wildman–Crippen MR) is 496 cm³/mol. The third-order valence-corrected chi connectivity index (χ3v) is 24.8. The Kier molecular flexibility index (Phi) is 40.5. The number of nitrogens with two attached hydrogens (primary N) is 3. The fraction of sp³-hybridized carbons (Fsp3) is 0.522. The summed E-state index contributed by atoms with van der Waals surface area (Å²) >= 11 is 7.04. The Morgan fingerprint density at radius 1 is 0.579 bits per heavy atom. The number of nitrogens with zero attached hydrogens (tertiary/aromatic N) is 6. The molecule has 0 bridgehead atoms. The van der Waals surface area contributed by atoms with Gasteiger partial charge in [-0.2, -0.15) is 0 Å². The summed E-state index contributed by atoms with van der Waals surface area (Å²) < 4.78 is 0. The Balaban J connectivity index is 1.18. The van der Waals surface area contributed by atoms with E-state index in [0.29, 0.717) is 74.9 Å². The van der Waals surface area contributed by atoms with E-state index in [1.165, 1.54) is 59.8 Å². The minimum atomic E-state index is -1.81. The van der Waals surface area contributed by atoms with E-state index >= 15 is 24.0 Å². The molecule has 133 heavy (non-hydrogen) atoms. The van der Waals surface area contributed by atoms with Crippen LogP contribution in [0.5, 0.6) is 0 Å². The molecular formula is C90H126ClN23O18S. The van der Waals surface area contributed by atoms with E-state index in [2.05, 4.69) is 73.1 Å². The van der Waals surface area contributed by atoms with Crippen LogP contribution in [0.4, 0.5) is 0 Å². The molecule has 0 aliphatic carbocycles. The number of nitrogens with one attached hydrogen (secondary N) is 14. The summed E-state index contributed by atoms with van der Waals surface area (Å²) in [6, 6.07) is 2.35. The van der Waals surface area contributed by atoms with Crippen LogP contribution in [-0.2, 0) is 107 Å². The number of unbranched alkanes of at least 4 members (excludes halogenated alkanes) is 2. The molecule has 0 radical (unpaired) electrons. The van der Waals surface area contributed by atoms with Gasteiger partial charge in [0.15, 0.2) is 11.7 Å². The van der Waals surface area contributed by atoms with Crippen LogP contribution in [-0.4, -0.2) is 301 Å². The lowest BCUT2D eigenvalue weighted by atomic mass is 9.92. The largest absolute Gasteiger partial charge is 0.394 e. The number of benzene rings is 3. The lowest BCUT2D eigenvalue weighted by molar-refractivity contribution is -0.149. The summed E-state index contributed by atoms with van der Waals surface area (Å²) in [6.07, 6.45) is 5.55. The number of likely N-dealkylation sites (N-methyl/N-ethyl adjacent to an activating group) is 4. The van der Waals surface area contributed by atoms with Crippen molar-refractivity contribution in [1.29, 1.82) is 5.41 Å². The van der Waals surface area contributed by atoms with Gasteiger partial charge < -0.3 is 115 Å². The molecule has 5 heterocycles. The van der Waals surface area contributed by atoms with Gasteiger partial charge >= 0.3 is 0 Å². The monoisotopic (exact) mass is 1880 g/mol. The number of halogens is 1. The first kappa shape index (κ1) is 105. The van der Waals surface area contributed by atoms with Gasteiger partial charge in [0.1, 0.15) is 72.5 Å². The second-order valence-electron chi connectivity index (χ2n) is 34.1. The second kappa shape index (κ2) is 51.1. The number of fused-ring (bicyclic) bond motifs is 3. The normalized spacial score (nSPS) is 23.5. The van der Waals surface area contributed by atoms with Crippen molar-refractivity contribution in [2.45, 2.75) is 216 Å². The molecule has 2 saturated heterocycles. The molecule has 2 fully saturated rings. The average Bonchev–Trinajstić information content (AvgIpc) is 1.81. The first-order chi connectivity index (χ1) is 63.3. The van der Waals surface area contributed by atoms with Gasteiger partial charge in [-0.15, -0.1) is 11.8 Å². The van der Waals surface area contributed by atoms with Gasteiger partial charge in [-0.25, -0.2) is 4.98 Å². The molecule has 2 aliphatic heterocycles. The average molecular weight is 1890 g/mol. The first-order valence-electron chi connectivity index (χ1n) is 44.5. The van der Waals surface area contributed by atoms with Crippen molar-refractivity contribution in [2.24, 2.45) is 29.0 Å². The number of H-pyrrole nitrogens is 3. The van der Waals surface area contributed by atoms with Crippen LogP contribution in [0.1, 0.15) is 140 Å². The van der Waals surface area contributed by atoms with Crippen LogP contribution < -0.4 is 70.4 Å². The van der Waals surface area contributed by atoms with Gasteiger partial charge in [0, 0.05) is 130 Å². The maximum Gasteiger partial charge on any atom is 0.246 e. The summed E-state index contributed by atoms with van der Waals surface area (Å²) in [4.78, 5) is 268. The van der Waals surface area contributed by atoms with Gasteiger partial charge in [-0.05, 0) is 105 Å². The number of ketones is 1. The van der Waals surface area contributed by atoms with Crippen molar-refractivity contribution >= 4 is 151 Å². The number of Topliss-reactive ketones (excluding diaryl/α,β-unsaturated/α-hetero) is 1. The number of guanidine groups is 1. The number of carbonyl (C=O) groups excluding carboxylic acids is 17. The molecule has 13 atom stereocenters. The zero-order chi connectivity index (χ0) is 97.4. The predicted octanol–water partition coefficient (Wildman–Crippen LogP) is -0.394. The Bertz CT molecular complexity index is 5110. The number of aromatic amines is 3. The molecule has 2 aliphatic rings. The van der Waals surface area contributed by atoms with Crippen molar-refractivity contribution < 1.29 is 86.6 Å². The summed E-state index contributed by atoms with van der Waals surface area (Å²) in [5, 5.41) is 47.2. The standard InChI is InChI=1S/C90H126ClN23O18S/c1-10-12-25-71-83(126)103-63(24-18-32-97-90(94)95)80(123)109-70(79(122)100-44-75(93)118)47-133-48-76(119)102-66(35-52-28-30-56(91)31-29-52)86(129)111(7)51(5)77(120)105-68(40-74(92)117)88(131)114-33-19-27-72(114)84(127)104-64(39-57-43-96-49-101-57)81(124)106-65(34-50(3)4)85(128)110(6)45-58(116)37-53(36-54-41-98-61-22-16-14-20-59(54)61)78(121)108-69(46-115)82(125)107-67(38-55-42-99-62-23-17-15-21-60(55)62)87(130)113(9)73(26-13-11-2)89(132)112(71)8/h14-17,20-23,28-31,41-43,49-51,53,63-73,98-99,115H,10-13,18-19,24-27,32-40,44-48H2,1-9H3,(H2,92,117)(H2,93,118)(H,96,101)(H,100,122)(H,102,119)(H,103,126)(H,104,127)(H,105,120)(H,106,124)(H,107,125)(H,108,121)(H,109,123)(H4,94,95,97)/t51-,53+,63-,64-,65-,66-,67-,68-,69-,70-,71-,72-,73-/m0/s1. The fourth-order valence-electron chi connectivity index (χ4n) is 16.1. The highest BCUT2D eigenvalue weighted by Gasteiger charge is 2.44. The van der Waals surface area contributed by atoms with Gasteiger partial charge in [0.05, 0.1) is 38.2 Å². The molecule has 0 unspecified atom stereocenters. The fourth-order valence-corrected chi connectivity index (χ4v) is 17.0. The van der Waals surface area contributed by atoms with Crippen LogP contribution in [0.3, 0.4) is 0 Å². The molecule has 43 heteroatoms. The number of primary amides is 2. The van der Waals surface area contributed by atoms with Crippen molar-refractivity contribution in [3.63, 3.8) is 0 Å². The number of imidazole rings is 1. The molecule has 6 aromatic rings. The Morgan fingerprint density at radius 3 is 1.76 bits per heavy atom. The van der Waals surface area contributed by atoms with Crippen molar-refractivity contribution in [3.8, 4) is 0 Å². The van der Waals surface area contributed by atoms with E-state index < -0.39 is 229 Å². The quantitative estimate of drug-likeness (QED) is 0.0187. The molecule has 0 spiro atoms. The minimum absolute atomic E-state index is 0.00226.